The molecule has 1 aliphatic heterocycles. The Morgan fingerprint density at radius 1 is 1.31 bits per heavy atom. The van der Waals surface area contributed by atoms with Gasteiger partial charge in [-0.1, -0.05) is 11.3 Å². The highest BCUT2D eigenvalue weighted by atomic mass is 32.1. The van der Waals surface area contributed by atoms with Crippen molar-refractivity contribution in [3.8, 4) is 0 Å². The lowest BCUT2D eigenvalue weighted by Gasteiger charge is -2.25. The van der Waals surface area contributed by atoms with E-state index in [4.69, 9.17) is 15.9 Å². The van der Waals surface area contributed by atoms with Crippen LogP contribution in [0.5, 0.6) is 0 Å². The number of nitrogens with two attached hydrogens (primary N) is 1. The van der Waals surface area contributed by atoms with Crippen LogP contribution in [0.4, 0.5) is 16.5 Å². The van der Waals surface area contributed by atoms with Gasteiger partial charge in [0, 0.05) is 36.2 Å². The van der Waals surface area contributed by atoms with Crippen LogP contribution in [0.1, 0.15) is 15.2 Å². The summed E-state index contributed by atoms with van der Waals surface area (Å²) in [5.74, 6) is -0.186. The van der Waals surface area contributed by atoms with E-state index in [1.807, 2.05) is 6.07 Å². The van der Waals surface area contributed by atoms with Crippen LogP contribution in [0, 0.1) is 5.41 Å². The first-order chi connectivity index (χ1) is 12.6. The molecule has 0 aliphatic carbocycles. The van der Waals surface area contributed by atoms with E-state index in [9.17, 15) is 4.79 Å². The van der Waals surface area contributed by atoms with Gasteiger partial charge in [0.05, 0.1) is 22.8 Å². The van der Waals surface area contributed by atoms with Gasteiger partial charge in [-0.3, -0.25) is 4.79 Å². The summed E-state index contributed by atoms with van der Waals surface area (Å²) in [6.45, 7) is 3.14. The Kier molecular flexibility index (Phi) is 4.58. The van der Waals surface area contributed by atoms with Crippen molar-refractivity contribution in [1.82, 2.24) is 4.98 Å². The highest BCUT2D eigenvalue weighted by molar-refractivity contribution is 7.29. The average Bonchev–Trinajstić information content (AvgIpc) is 3.23. The third-order valence-electron chi connectivity index (χ3n) is 4.08. The summed E-state index contributed by atoms with van der Waals surface area (Å²) in [6.07, 6.45) is 1.17. The summed E-state index contributed by atoms with van der Waals surface area (Å²) in [5, 5.41) is 11.2. The van der Waals surface area contributed by atoms with E-state index in [0.717, 1.165) is 41.0 Å². The SMILES string of the molecule is N=Cc1cc(NC(=O)c2cc3sc(N4CCOCC4)nc3s2)ccc1N. The Morgan fingerprint density at radius 2 is 2.12 bits per heavy atom. The van der Waals surface area contributed by atoms with E-state index in [2.05, 4.69) is 15.2 Å². The van der Waals surface area contributed by atoms with Crippen LogP contribution in [0.25, 0.3) is 9.53 Å². The van der Waals surface area contributed by atoms with E-state index in [0.29, 0.717) is 21.8 Å². The molecule has 0 bridgehead atoms. The Hall–Kier alpha value is -2.49. The molecular weight excluding hydrogens is 370 g/mol. The third kappa shape index (κ3) is 3.28. The number of amides is 1. The van der Waals surface area contributed by atoms with Crippen LogP contribution < -0.4 is 16.0 Å². The van der Waals surface area contributed by atoms with Gasteiger partial charge in [-0.05, 0) is 24.3 Å². The predicted octanol–water partition coefficient (Wildman–Crippen LogP) is 3.03. The number of carbonyl (C=O) groups excluding carboxylic acids is 1. The third-order valence-corrected chi connectivity index (χ3v) is 6.30. The first kappa shape index (κ1) is 17.0. The second-order valence-corrected chi connectivity index (χ2v) is 7.86. The fourth-order valence-electron chi connectivity index (χ4n) is 2.70. The van der Waals surface area contributed by atoms with Crippen molar-refractivity contribution >= 4 is 60.8 Å². The van der Waals surface area contributed by atoms with Gasteiger partial charge in [-0.15, -0.1) is 11.3 Å². The molecule has 0 saturated carbocycles. The van der Waals surface area contributed by atoms with Crippen molar-refractivity contribution in [2.45, 2.75) is 0 Å². The van der Waals surface area contributed by atoms with Crippen LogP contribution in [0.15, 0.2) is 24.3 Å². The number of nitrogens with one attached hydrogen (secondary N) is 2. The maximum absolute atomic E-state index is 12.5. The molecule has 2 aromatic heterocycles. The Labute approximate surface area is 157 Å². The summed E-state index contributed by atoms with van der Waals surface area (Å²) in [6, 6.07) is 6.97. The highest BCUT2D eigenvalue weighted by Crippen LogP contribution is 2.35. The maximum Gasteiger partial charge on any atom is 0.265 e. The number of ether oxygens (including phenoxy) is 1. The highest BCUT2D eigenvalue weighted by Gasteiger charge is 2.19. The number of hydrogen-bond donors (Lipinski definition) is 3. The molecule has 1 amide bonds. The number of hydrogen-bond acceptors (Lipinski definition) is 8. The molecule has 0 unspecified atom stereocenters. The molecule has 9 heteroatoms. The summed E-state index contributed by atoms with van der Waals surface area (Å²) >= 11 is 2.98. The number of fused-ring (bicyclic) bond motifs is 1. The number of carbonyl (C=O) groups is 1. The summed E-state index contributed by atoms with van der Waals surface area (Å²) in [5.41, 5.74) is 7.47. The van der Waals surface area contributed by atoms with Gasteiger partial charge in [0.15, 0.2) is 5.13 Å². The number of benzene rings is 1. The molecule has 7 nitrogen and oxygen atoms in total. The van der Waals surface area contributed by atoms with Gasteiger partial charge in [0.2, 0.25) is 0 Å². The van der Waals surface area contributed by atoms with E-state index >= 15 is 0 Å². The smallest absolute Gasteiger partial charge is 0.265 e. The number of aromatic nitrogens is 1. The number of thiazole rings is 1. The average molecular weight is 387 g/mol. The molecule has 1 aliphatic rings. The largest absolute Gasteiger partial charge is 0.398 e. The fraction of sp³-hybridized carbons (Fsp3) is 0.235. The van der Waals surface area contributed by atoms with Crippen LogP contribution in [0.2, 0.25) is 0 Å². The monoisotopic (exact) mass is 387 g/mol. The molecule has 4 N–H and O–H groups in total. The van der Waals surface area contributed by atoms with Crippen LogP contribution in [-0.4, -0.2) is 43.4 Å². The van der Waals surface area contributed by atoms with Crippen molar-refractivity contribution in [1.29, 1.82) is 5.41 Å². The maximum atomic E-state index is 12.5. The molecule has 1 fully saturated rings. The fourth-order valence-corrected chi connectivity index (χ4v) is 4.85. The van der Waals surface area contributed by atoms with Crippen LogP contribution in [0.3, 0.4) is 0 Å². The summed E-state index contributed by atoms with van der Waals surface area (Å²) < 4.78 is 6.38. The van der Waals surface area contributed by atoms with E-state index in [1.165, 1.54) is 17.6 Å². The minimum absolute atomic E-state index is 0.186. The number of anilines is 3. The minimum Gasteiger partial charge on any atom is -0.398 e. The Balaban J connectivity index is 1.52. The number of morpholine rings is 1. The molecule has 0 spiro atoms. The zero-order chi connectivity index (χ0) is 18.1. The molecule has 3 aromatic rings. The van der Waals surface area contributed by atoms with Crippen molar-refractivity contribution in [2.24, 2.45) is 0 Å². The molecule has 26 heavy (non-hydrogen) atoms. The van der Waals surface area contributed by atoms with Gasteiger partial charge in [-0.25, -0.2) is 4.98 Å². The lowest BCUT2D eigenvalue weighted by atomic mass is 10.1. The molecule has 1 saturated heterocycles. The van der Waals surface area contributed by atoms with Crippen molar-refractivity contribution in [3.63, 3.8) is 0 Å². The lowest BCUT2D eigenvalue weighted by Crippen LogP contribution is -2.36. The minimum atomic E-state index is -0.186. The van der Waals surface area contributed by atoms with Gasteiger partial charge < -0.3 is 26.1 Å². The van der Waals surface area contributed by atoms with E-state index in [-0.39, 0.29) is 5.91 Å². The van der Waals surface area contributed by atoms with E-state index in [1.54, 1.807) is 29.5 Å². The topological polar surface area (TPSA) is 104 Å². The van der Waals surface area contributed by atoms with Gasteiger partial charge in [-0.2, -0.15) is 0 Å². The number of thiophene rings is 1. The quantitative estimate of drug-likeness (QED) is 0.471. The van der Waals surface area contributed by atoms with Crippen LogP contribution >= 0.6 is 22.7 Å². The van der Waals surface area contributed by atoms with E-state index < -0.39 is 0 Å². The number of rotatable bonds is 4. The second kappa shape index (κ2) is 7.02. The first-order valence-corrected chi connectivity index (χ1v) is 9.72. The molecule has 4 rings (SSSR count). The summed E-state index contributed by atoms with van der Waals surface area (Å²) in [4.78, 5) is 20.9. The number of nitrogens with zero attached hydrogens (tertiary/aromatic N) is 2. The first-order valence-electron chi connectivity index (χ1n) is 8.08. The van der Waals surface area contributed by atoms with Crippen LogP contribution in [-0.2, 0) is 4.74 Å². The van der Waals surface area contributed by atoms with Crippen molar-refractivity contribution in [2.75, 3.05) is 42.3 Å². The van der Waals surface area contributed by atoms with Crippen molar-refractivity contribution < 1.29 is 9.53 Å². The zero-order valence-electron chi connectivity index (χ0n) is 13.8. The standard InChI is InChI=1S/C17H17N5O2S2/c18-9-10-7-11(1-2-12(10)19)20-15(23)13-8-14-16(25-13)21-17(26-14)22-3-5-24-6-4-22/h1-2,7-9,18H,3-6,19H2,(H,20,23). The normalized spacial score (nSPS) is 14.5. The van der Waals surface area contributed by atoms with Gasteiger partial charge >= 0.3 is 0 Å². The number of nitrogen functional groups attached to an aromatic ring is 1. The second-order valence-electron chi connectivity index (χ2n) is 5.82. The molecule has 1 aromatic carbocycles. The summed E-state index contributed by atoms with van der Waals surface area (Å²) in [7, 11) is 0. The molecule has 0 atom stereocenters. The molecular formula is C17H17N5O2S2. The zero-order valence-corrected chi connectivity index (χ0v) is 15.5. The molecule has 134 valence electrons. The lowest BCUT2D eigenvalue weighted by molar-refractivity contribution is 0.103. The molecule has 3 heterocycles. The molecule has 0 radical (unpaired) electrons. The Morgan fingerprint density at radius 3 is 2.85 bits per heavy atom. The van der Waals surface area contributed by atoms with Gasteiger partial charge in [0.25, 0.3) is 5.91 Å². The predicted molar refractivity (Wildman–Crippen MR) is 107 cm³/mol. The Bertz CT molecular complexity index is 943. The van der Waals surface area contributed by atoms with Gasteiger partial charge in [0.1, 0.15) is 4.83 Å². The van der Waals surface area contributed by atoms with Crippen molar-refractivity contribution in [3.05, 3.63) is 34.7 Å².